The summed E-state index contributed by atoms with van der Waals surface area (Å²) in [6.45, 7) is 8.26. The molecule has 0 aromatic heterocycles. The van der Waals surface area contributed by atoms with Crippen molar-refractivity contribution in [1.82, 2.24) is 0 Å². The lowest BCUT2D eigenvalue weighted by Gasteiger charge is -2.41. The van der Waals surface area contributed by atoms with E-state index in [1.165, 1.54) is 11.3 Å². The fraction of sp³-hybridized carbons (Fsp3) is 0.625. The summed E-state index contributed by atoms with van der Waals surface area (Å²) in [5.41, 5.74) is 8.82. The number of nitrogens with two attached hydrogens (primary N) is 1. The van der Waals surface area contributed by atoms with Crippen molar-refractivity contribution in [1.29, 1.82) is 0 Å². The van der Waals surface area contributed by atoms with Gasteiger partial charge in [-0.05, 0) is 31.4 Å². The van der Waals surface area contributed by atoms with Crippen LogP contribution < -0.4 is 10.6 Å². The molecule has 3 heteroatoms. The number of anilines is 1. The standard InChI is InChI=1S/C16H26N2O/c1-4-13-11-19-12(3)10-18(13)16-9-7-6-8-14(16)15(17)5-2/h6-9,12-13,15H,4-5,10-11,17H2,1-3H3. The first-order valence-corrected chi connectivity index (χ1v) is 7.40. The molecule has 2 rings (SSSR count). The Bertz CT molecular complexity index is 407. The van der Waals surface area contributed by atoms with Crippen molar-refractivity contribution in [2.45, 2.75) is 51.8 Å². The smallest absolute Gasteiger partial charge is 0.0723 e. The van der Waals surface area contributed by atoms with Crippen molar-refractivity contribution >= 4 is 5.69 Å². The number of hydrogen-bond donors (Lipinski definition) is 1. The summed E-state index contributed by atoms with van der Waals surface area (Å²) in [7, 11) is 0. The van der Waals surface area contributed by atoms with E-state index in [0.29, 0.717) is 6.04 Å². The molecule has 1 saturated heterocycles. The fourth-order valence-electron chi connectivity index (χ4n) is 2.76. The van der Waals surface area contributed by atoms with Crippen LogP contribution in [0.25, 0.3) is 0 Å². The van der Waals surface area contributed by atoms with Crippen molar-refractivity contribution in [3.63, 3.8) is 0 Å². The van der Waals surface area contributed by atoms with Gasteiger partial charge in [-0.15, -0.1) is 0 Å². The maximum absolute atomic E-state index is 6.27. The minimum absolute atomic E-state index is 0.117. The predicted molar refractivity (Wildman–Crippen MR) is 80.5 cm³/mol. The van der Waals surface area contributed by atoms with Crippen LogP contribution in [0, 0.1) is 0 Å². The Morgan fingerprint density at radius 3 is 2.79 bits per heavy atom. The highest BCUT2D eigenvalue weighted by atomic mass is 16.5. The number of benzene rings is 1. The molecular weight excluding hydrogens is 236 g/mol. The molecule has 2 N–H and O–H groups in total. The number of morpholine rings is 1. The van der Waals surface area contributed by atoms with Crippen LogP contribution in [0.3, 0.4) is 0 Å². The van der Waals surface area contributed by atoms with Gasteiger partial charge in [0.15, 0.2) is 0 Å². The average Bonchev–Trinajstić information content (AvgIpc) is 2.46. The molecule has 0 aliphatic carbocycles. The van der Waals surface area contributed by atoms with Gasteiger partial charge in [0.25, 0.3) is 0 Å². The van der Waals surface area contributed by atoms with Gasteiger partial charge >= 0.3 is 0 Å². The number of hydrogen-bond acceptors (Lipinski definition) is 3. The summed E-state index contributed by atoms with van der Waals surface area (Å²) in [5, 5.41) is 0. The normalized spacial score (nSPS) is 25.4. The van der Waals surface area contributed by atoms with E-state index in [1.807, 2.05) is 0 Å². The molecule has 1 fully saturated rings. The van der Waals surface area contributed by atoms with Crippen LogP contribution in [0.15, 0.2) is 24.3 Å². The lowest BCUT2D eigenvalue weighted by Crippen LogP contribution is -2.49. The molecule has 0 amide bonds. The Morgan fingerprint density at radius 1 is 1.37 bits per heavy atom. The van der Waals surface area contributed by atoms with E-state index < -0.39 is 0 Å². The number of nitrogens with zero attached hydrogens (tertiary/aromatic N) is 1. The van der Waals surface area contributed by atoms with Crippen LogP contribution >= 0.6 is 0 Å². The lowest BCUT2D eigenvalue weighted by atomic mass is 10.00. The molecule has 3 nitrogen and oxygen atoms in total. The molecule has 1 heterocycles. The minimum atomic E-state index is 0.117. The first-order chi connectivity index (χ1) is 9.17. The topological polar surface area (TPSA) is 38.5 Å². The number of rotatable bonds is 4. The van der Waals surface area contributed by atoms with Crippen molar-refractivity contribution in [2.24, 2.45) is 5.73 Å². The zero-order chi connectivity index (χ0) is 13.8. The van der Waals surface area contributed by atoms with Crippen LogP contribution in [0.2, 0.25) is 0 Å². The molecule has 1 aliphatic rings. The first-order valence-electron chi connectivity index (χ1n) is 7.40. The van der Waals surface area contributed by atoms with Gasteiger partial charge in [0.05, 0.1) is 18.8 Å². The first kappa shape index (κ1) is 14.4. The van der Waals surface area contributed by atoms with Gasteiger partial charge in [0, 0.05) is 18.3 Å². The highest BCUT2D eigenvalue weighted by molar-refractivity contribution is 5.56. The molecular formula is C16H26N2O. The van der Waals surface area contributed by atoms with Gasteiger partial charge in [-0.3, -0.25) is 0 Å². The molecule has 19 heavy (non-hydrogen) atoms. The van der Waals surface area contributed by atoms with E-state index in [9.17, 15) is 0 Å². The molecule has 3 unspecified atom stereocenters. The molecule has 0 bridgehead atoms. The minimum Gasteiger partial charge on any atom is -0.375 e. The molecule has 1 aliphatic heterocycles. The summed E-state index contributed by atoms with van der Waals surface area (Å²) in [6.07, 6.45) is 2.35. The van der Waals surface area contributed by atoms with Crippen LogP contribution in [0.1, 0.15) is 45.2 Å². The van der Waals surface area contributed by atoms with E-state index >= 15 is 0 Å². The Kier molecular flexibility index (Phi) is 4.83. The maximum atomic E-state index is 6.27. The van der Waals surface area contributed by atoms with Crippen molar-refractivity contribution in [3.8, 4) is 0 Å². The van der Waals surface area contributed by atoms with Crippen LogP contribution in [0.4, 0.5) is 5.69 Å². The highest BCUT2D eigenvalue weighted by Crippen LogP contribution is 2.30. The lowest BCUT2D eigenvalue weighted by molar-refractivity contribution is 0.0298. The Labute approximate surface area is 116 Å². The van der Waals surface area contributed by atoms with E-state index in [4.69, 9.17) is 10.5 Å². The van der Waals surface area contributed by atoms with Gasteiger partial charge in [-0.2, -0.15) is 0 Å². The third-order valence-corrected chi connectivity index (χ3v) is 4.02. The Balaban J connectivity index is 2.33. The third kappa shape index (κ3) is 3.10. The molecule has 0 saturated carbocycles. The van der Waals surface area contributed by atoms with Crippen LogP contribution in [-0.2, 0) is 4.74 Å². The van der Waals surface area contributed by atoms with Gasteiger partial charge in [-0.1, -0.05) is 32.0 Å². The van der Waals surface area contributed by atoms with Gasteiger partial charge < -0.3 is 15.4 Å². The second-order valence-corrected chi connectivity index (χ2v) is 5.43. The SMILES string of the molecule is CCC(N)c1ccccc1N1CC(C)OCC1CC. The predicted octanol–water partition coefficient (Wildman–Crippen LogP) is 3.10. The second-order valence-electron chi connectivity index (χ2n) is 5.43. The van der Waals surface area contributed by atoms with E-state index in [0.717, 1.165) is 26.0 Å². The third-order valence-electron chi connectivity index (χ3n) is 4.02. The fourth-order valence-corrected chi connectivity index (χ4v) is 2.76. The molecule has 1 aromatic carbocycles. The molecule has 3 atom stereocenters. The summed E-state index contributed by atoms with van der Waals surface area (Å²) < 4.78 is 5.79. The quantitative estimate of drug-likeness (QED) is 0.906. The molecule has 0 radical (unpaired) electrons. The Hall–Kier alpha value is -1.06. The number of ether oxygens (including phenoxy) is 1. The number of para-hydroxylation sites is 1. The summed E-state index contributed by atoms with van der Waals surface area (Å²) in [6, 6.07) is 9.13. The largest absolute Gasteiger partial charge is 0.375 e. The highest BCUT2D eigenvalue weighted by Gasteiger charge is 2.27. The average molecular weight is 262 g/mol. The second kappa shape index (κ2) is 6.40. The summed E-state index contributed by atoms with van der Waals surface area (Å²) in [5.74, 6) is 0. The summed E-state index contributed by atoms with van der Waals surface area (Å²) in [4.78, 5) is 2.49. The van der Waals surface area contributed by atoms with Crippen molar-refractivity contribution in [3.05, 3.63) is 29.8 Å². The van der Waals surface area contributed by atoms with Crippen LogP contribution in [-0.4, -0.2) is 25.3 Å². The van der Waals surface area contributed by atoms with E-state index in [1.54, 1.807) is 0 Å². The molecule has 106 valence electrons. The Morgan fingerprint density at radius 2 is 2.11 bits per heavy atom. The van der Waals surface area contributed by atoms with Gasteiger partial charge in [0.1, 0.15) is 0 Å². The van der Waals surface area contributed by atoms with E-state index in [-0.39, 0.29) is 12.1 Å². The molecule has 0 spiro atoms. The zero-order valence-corrected chi connectivity index (χ0v) is 12.3. The monoisotopic (exact) mass is 262 g/mol. The van der Waals surface area contributed by atoms with Crippen molar-refractivity contribution in [2.75, 3.05) is 18.1 Å². The van der Waals surface area contributed by atoms with E-state index in [2.05, 4.69) is 49.9 Å². The van der Waals surface area contributed by atoms with Crippen molar-refractivity contribution < 1.29 is 4.74 Å². The van der Waals surface area contributed by atoms with Gasteiger partial charge in [-0.25, -0.2) is 0 Å². The van der Waals surface area contributed by atoms with Crippen LogP contribution in [0.5, 0.6) is 0 Å². The molecule has 1 aromatic rings. The maximum Gasteiger partial charge on any atom is 0.0723 e. The van der Waals surface area contributed by atoms with Gasteiger partial charge in [0.2, 0.25) is 0 Å². The summed E-state index contributed by atoms with van der Waals surface area (Å²) >= 11 is 0. The zero-order valence-electron chi connectivity index (χ0n) is 12.3.